The van der Waals surface area contributed by atoms with Crippen molar-refractivity contribution in [3.05, 3.63) is 34.9 Å². The maximum Gasteiger partial charge on any atom is 0.416 e. The molecular weight excluding hydrogens is 251 g/mol. The van der Waals surface area contributed by atoms with Crippen LogP contribution in [0.15, 0.2) is 18.2 Å². The van der Waals surface area contributed by atoms with E-state index in [4.69, 9.17) is 0 Å². The number of halogens is 3. The van der Waals surface area contributed by atoms with Gasteiger partial charge in [-0.25, -0.2) is 0 Å². The fourth-order valence-electron chi connectivity index (χ4n) is 2.22. The zero-order chi connectivity index (χ0) is 14.8. The summed E-state index contributed by atoms with van der Waals surface area (Å²) < 4.78 is 37.9. The minimum atomic E-state index is -4.28. The number of benzene rings is 1. The Hall–Kier alpha value is -1.03. The van der Waals surface area contributed by atoms with E-state index in [1.807, 2.05) is 7.05 Å². The second-order valence-electron chi connectivity index (χ2n) is 6.18. The number of hydrogen-bond acceptors (Lipinski definition) is 1. The first-order chi connectivity index (χ1) is 8.54. The van der Waals surface area contributed by atoms with Crippen molar-refractivity contribution in [2.45, 2.75) is 46.3 Å². The van der Waals surface area contributed by atoms with E-state index in [-0.39, 0.29) is 11.5 Å². The molecule has 0 saturated carbocycles. The predicted molar refractivity (Wildman–Crippen MR) is 72.1 cm³/mol. The molecule has 4 heteroatoms. The summed E-state index contributed by atoms with van der Waals surface area (Å²) in [6, 6.07) is 4.05. The van der Waals surface area contributed by atoms with Crippen molar-refractivity contribution >= 4 is 0 Å². The first-order valence-electron chi connectivity index (χ1n) is 6.39. The fourth-order valence-corrected chi connectivity index (χ4v) is 2.22. The second-order valence-corrected chi connectivity index (χ2v) is 6.18. The van der Waals surface area contributed by atoms with Crippen LogP contribution in [0, 0.1) is 12.3 Å². The smallest absolute Gasteiger partial charge is 0.313 e. The summed E-state index contributed by atoms with van der Waals surface area (Å²) in [5.41, 5.74) is 1.14. The highest BCUT2D eigenvalue weighted by Gasteiger charge is 2.31. The van der Waals surface area contributed by atoms with Crippen molar-refractivity contribution < 1.29 is 13.2 Å². The van der Waals surface area contributed by atoms with Gasteiger partial charge in [-0.1, -0.05) is 26.8 Å². The highest BCUT2D eigenvalue weighted by atomic mass is 19.4. The van der Waals surface area contributed by atoms with Gasteiger partial charge in [0.25, 0.3) is 0 Å². The molecule has 0 bridgehead atoms. The summed E-state index contributed by atoms with van der Waals surface area (Å²) in [6.07, 6.45) is -3.40. The Kier molecular flexibility index (Phi) is 4.67. The quantitative estimate of drug-likeness (QED) is 0.841. The third kappa shape index (κ3) is 4.53. The molecule has 1 aromatic carbocycles. The number of hydrogen-bond donors (Lipinski definition) is 1. The van der Waals surface area contributed by atoms with E-state index < -0.39 is 11.7 Å². The van der Waals surface area contributed by atoms with Gasteiger partial charge >= 0.3 is 6.18 Å². The van der Waals surface area contributed by atoms with Crippen LogP contribution in [0.3, 0.4) is 0 Å². The molecule has 0 amide bonds. The van der Waals surface area contributed by atoms with Gasteiger partial charge < -0.3 is 5.32 Å². The van der Waals surface area contributed by atoms with Gasteiger partial charge in [-0.2, -0.15) is 13.2 Å². The zero-order valence-corrected chi connectivity index (χ0v) is 12.2. The summed E-state index contributed by atoms with van der Waals surface area (Å²) in [7, 11) is 1.84. The van der Waals surface area contributed by atoms with Crippen LogP contribution in [0.4, 0.5) is 13.2 Å². The lowest BCUT2D eigenvalue weighted by molar-refractivity contribution is -0.137. The number of alkyl halides is 3. The molecule has 0 heterocycles. The zero-order valence-electron chi connectivity index (χ0n) is 12.2. The molecule has 0 saturated heterocycles. The highest BCUT2D eigenvalue weighted by molar-refractivity contribution is 5.34. The van der Waals surface area contributed by atoms with E-state index in [2.05, 4.69) is 26.1 Å². The molecule has 1 atom stereocenters. The molecule has 0 aromatic heterocycles. The highest BCUT2D eigenvalue weighted by Crippen LogP contribution is 2.34. The molecule has 1 nitrogen and oxygen atoms in total. The average molecular weight is 273 g/mol. The van der Waals surface area contributed by atoms with Crippen molar-refractivity contribution in [3.63, 3.8) is 0 Å². The number of rotatable bonds is 3. The Labute approximate surface area is 113 Å². The van der Waals surface area contributed by atoms with Gasteiger partial charge in [0.15, 0.2) is 0 Å². The van der Waals surface area contributed by atoms with E-state index in [1.165, 1.54) is 6.07 Å². The molecule has 108 valence electrons. The van der Waals surface area contributed by atoms with Gasteiger partial charge in [0.05, 0.1) is 5.56 Å². The first-order valence-corrected chi connectivity index (χ1v) is 6.39. The number of aryl methyl sites for hydroxylation is 1. The lowest BCUT2D eigenvalue weighted by atomic mass is 9.84. The largest absolute Gasteiger partial charge is 0.416 e. The summed E-state index contributed by atoms with van der Waals surface area (Å²) >= 11 is 0. The molecule has 0 aliphatic carbocycles. The van der Waals surface area contributed by atoms with Crippen molar-refractivity contribution in [2.24, 2.45) is 5.41 Å². The molecule has 1 aromatic rings. The molecule has 0 spiro atoms. The van der Waals surface area contributed by atoms with Crippen LogP contribution in [0.1, 0.15) is 49.9 Å². The van der Waals surface area contributed by atoms with Gasteiger partial charge in [-0.15, -0.1) is 0 Å². The van der Waals surface area contributed by atoms with Crippen LogP contribution in [-0.2, 0) is 6.18 Å². The first kappa shape index (κ1) is 16.0. The SMILES string of the molecule is CNC(CC(C)(C)C)c1ccc(C(F)(F)F)cc1C. The summed E-state index contributed by atoms with van der Waals surface area (Å²) in [5.74, 6) is 0. The van der Waals surface area contributed by atoms with E-state index in [0.717, 1.165) is 18.1 Å². The summed E-state index contributed by atoms with van der Waals surface area (Å²) in [6.45, 7) is 8.10. The lowest BCUT2D eigenvalue weighted by Gasteiger charge is -2.27. The molecule has 0 aliphatic rings. The standard InChI is InChI=1S/C15H22F3N/c1-10-8-11(15(16,17)18)6-7-12(10)13(19-5)9-14(2,3)4/h6-8,13,19H,9H2,1-5H3. The molecular formula is C15H22F3N. The predicted octanol–water partition coefficient (Wildman–Crippen LogP) is 4.71. The minimum absolute atomic E-state index is 0.0716. The number of nitrogens with one attached hydrogen (secondary N) is 1. The third-order valence-electron chi connectivity index (χ3n) is 3.14. The second kappa shape index (κ2) is 5.53. The molecule has 1 rings (SSSR count). The van der Waals surface area contributed by atoms with Crippen LogP contribution < -0.4 is 5.32 Å². The van der Waals surface area contributed by atoms with Crippen molar-refractivity contribution in [2.75, 3.05) is 7.05 Å². The molecule has 0 radical (unpaired) electrons. The summed E-state index contributed by atoms with van der Waals surface area (Å²) in [4.78, 5) is 0. The van der Waals surface area contributed by atoms with Gasteiger partial charge in [0, 0.05) is 6.04 Å². The summed E-state index contributed by atoms with van der Waals surface area (Å²) in [5, 5.41) is 3.19. The van der Waals surface area contributed by atoms with Gasteiger partial charge in [-0.05, 0) is 49.1 Å². The minimum Gasteiger partial charge on any atom is -0.313 e. The molecule has 0 fully saturated rings. The fraction of sp³-hybridized carbons (Fsp3) is 0.600. The Morgan fingerprint density at radius 3 is 2.11 bits per heavy atom. The van der Waals surface area contributed by atoms with Crippen LogP contribution in [0.25, 0.3) is 0 Å². The van der Waals surface area contributed by atoms with E-state index in [9.17, 15) is 13.2 Å². The van der Waals surface area contributed by atoms with Crippen LogP contribution in [0.2, 0.25) is 0 Å². The van der Waals surface area contributed by atoms with E-state index in [0.29, 0.717) is 5.56 Å². The Balaban J connectivity index is 3.07. The van der Waals surface area contributed by atoms with Gasteiger partial charge in [-0.3, -0.25) is 0 Å². The van der Waals surface area contributed by atoms with Gasteiger partial charge in [0.2, 0.25) is 0 Å². The van der Waals surface area contributed by atoms with Crippen molar-refractivity contribution in [1.29, 1.82) is 0 Å². The Morgan fingerprint density at radius 2 is 1.74 bits per heavy atom. The lowest BCUT2D eigenvalue weighted by Crippen LogP contribution is -2.23. The van der Waals surface area contributed by atoms with Gasteiger partial charge in [0.1, 0.15) is 0 Å². The maximum atomic E-state index is 12.6. The third-order valence-corrected chi connectivity index (χ3v) is 3.14. The average Bonchev–Trinajstić information content (AvgIpc) is 2.23. The van der Waals surface area contributed by atoms with Crippen LogP contribution in [0.5, 0.6) is 0 Å². The molecule has 19 heavy (non-hydrogen) atoms. The topological polar surface area (TPSA) is 12.0 Å². The van der Waals surface area contributed by atoms with Crippen molar-refractivity contribution in [1.82, 2.24) is 5.32 Å². The maximum absolute atomic E-state index is 12.6. The molecule has 1 N–H and O–H groups in total. The Bertz CT molecular complexity index is 430. The van der Waals surface area contributed by atoms with Crippen LogP contribution in [-0.4, -0.2) is 7.05 Å². The van der Waals surface area contributed by atoms with E-state index in [1.54, 1.807) is 13.0 Å². The van der Waals surface area contributed by atoms with Crippen molar-refractivity contribution in [3.8, 4) is 0 Å². The monoisotopic (exact) mass is 273 g/mol. The van der Waals surface area contributed by atoms with Crippen LogP contribution >= 0.6 is 0 Å². The normalized spacial score (nSPS) is 14.5. The molecule has 1 unspecified atom stereocenters. The Morgan fingerprint density at radius 1 is 1.16 bits per heavy atom. The molecule has 0 aliphatic heterocycles. The van der Waals surface area contributed by atoms with E-state index >= 15 is 0 Å².